The van der Waals surface area contributed by atoms with Crippen LogP contribution >= 0.6 is 12.4 Å². The summed E-state index contributed by atoms with van der Waals surface area (Å²) in [5.41, 5.74) is 3.95. The molecule has 0 heterocycles. The largest absolute Gasteiger partial charge is 0.306 e. The Morgan fingerprint density at radius 1 is 0.917 bits per heavy atom. The quantitative estimate of drug-likeness (QED) is 0.600. The summed E-state index contributed by atoms with van der Waals surface area (Å²) < 4.78 is 0. The third kappa shape index (κ3) is 4.47. The van der Waals surface area contributed by atoms with Gasteiger partial charge in [-0.15, -0.1) is 12.4 Å². The molecule has 1 atom stereocenters. The summed E-state index contributed by atoms with van der Waals surface area (Å²) in [5, 5.41) is 6.28. The van der Waals surface area contributed by atoms with Gasteiger partial charge in [-0.1, -0.05) is 84.4 Å². The van der Waals surface area contributed by atoms with Crippen LogP contribution in [0.4, 0.5) is 0 Å². The van der Waals surface area contributed by atoms with E-state index >= 15 is 0 Å². The predicted octanol–water partition coefficient (Wildman–Crippen LogP) is 6.02. The first-order chi connectivity index (χ1) is 11.2. The molecule has 0 radical (unpaired) electrons. The van der Waals surface area contributed by atoms with E-state index in [2.05, 4.69) is 92.0 Å². The van der Waals surface area contributed by atoms with Crippen LogP contribution < -0.4 is 5.32 Å². The molecule has 0 saturated carbocycles. The molecule has 0 spiro atoms. The highest BCUT2D eigenvalue weighted by atomic mass is 35.5. The summed E-state index contributed by atoms with van der Waals surface area (Å²) in [7, 11) is 0. The fraction of sp³-hybridized carbons (Fsp3) is 0.182. The first-order valence-corrected chi connectivity index (χ1v) is 8.17. The maximum atomic E-state index is 3.64. The lowest BCUT2D eigenvalue weighted by Crippen LogP contribution is -2.20. The third-order valence-corrected chi connectivity index (χ3v) is 4.19. The maximum absolute atomic E-state index is 3.64. The van der Waals surface area contributed by atoms with Gasteiger partial charge in [-0.25, -0.2) is 0 Å². The zero-order valence-corrected chi connectivity index (χ0v) is 15.0. The standard InChI is InChI=1S/C22H23N.ClH/c1-17(15-19-9-4-3-5-10-19)16-23-18(2)21-14-8-12-20-11-6-7-13-22(20)21;/h3-15,18,23H,16H2,1-2H3;1H/b17-15+;/t18-;/m1./s1. The maximum Gasteiger partial charge on any atom is 0.0300 e. The molecule has 0 fully saturated rings. The lowest BCUT2D eigenvalue weighted by atomic mass is 9.99. The highest BCUT2D eigenvalue weighted by Gasteiger charge is 2.08. The molecule has 2 heteroatoms. The molecule has 3 rings (SSSR count). The van der Waals surface area contributed by atoms with Crippen LogP contribution in [0, 0.1) is 0 Å². The van der Waals surface area contributed by atoms with Gasteiger partial charge in [0.15, 0.2) is 0 Å². The van der Waals surface area contributed by atoms with E-state index in [1.165, 1.54) is 27.5 Å². The second-order valence-corrected chi connectivity index (χ2v) is 6.07. The molecule has 24 heavy (non-hydrogen) atoms. The van der Waals surface area contributed by atoms with Crippen molar-refractivity contribution in [1.29, 1.82) is 0 Å². The molecule has 0 aliphatic carbocycles. The molecular weight excluding hydrogens is 314 g/mol. The molecule has 0 aromatic heterocycles. The molecule has 0 unspecified atom stereocenters. The predicted molar refractivity (Wildman–Crippen MR) is 108 cm³/mol. The summed E-state index contributed by atoms with van der Waals surface area (Å²) in [6.07, 6.45) is 2.24. The average Bonchev–Trinajstić information content (AvgIpc) is 2.60. The second-order valence-electron chi connectivity index (χ2n) is 6.07. The van der Waals surface area contributed by atoms with E-state index in [9.17, 15) is 0 Å². The van der Waals surface area contributed by atoms with Gasteiger partial charge in [0.25, 0.3) is 0 Å². The molecule has 3 aromatic carbocycles. The molecule has 0 aliphatic rings. The van der Waals surface area contributed by atoms with Crippen molar-refractivity contribution < 1.29 is 0 Å². The van der Waals surface area contributed by atoms with Crippen molar-refractivity contribution in [2.24, 2.45) is 0 Å². The van der Waals surface area contributed by atoms with Crippen LogP contribution in [0.25, 0.3) is 16.8 Å². The monoisotopic (exact) mass is 337 g/mol. The highest BCUT2D eigenvalue weighted by molar-refractivity contribution is 5.86. The van der Waals surface area contributed by atoms with Crippen molar-refractivity contribution in [2.45, 2.75) is 19.9 Å². The molecule has 1 N–H and O–H groups in total. The van der Waals surface area contributed by atoms with Crippen LogP contribution in [0.5, 0.6) is 0 Å². The fourth-order valence-corrected chi connectivity index (χ4v) is 2.94. The number of hydrogen-bond donors (Lipinski definition) is 1. The Morgan fingerprint density at radius 3 is 2.38 bits per heavy atom. The van der Waals surface area contributed by atoms with Gasteiger partial charge in [-0.2, -0.15) is 0 Å². The van der Waals surface area contributed by atoms with Crippen LogP contribution in [0.15, 0.2) is 78.4 Å². The third-order valence-electron chi connectivity index (χ3n) is 4.19. The number of nitrogens with one attached hydrogen (secondary N) is 1. The van der Waals surface area contributed by atoms with Crippen molar-refractivity contribution in [3.63, 3.8) is 0 Å². The summed E-state index contributed by atoms with van der Waals surface area (Å²) in [6, 6.07) is 25.9. The van der Waals surface area contributed by atoms with Crippen molar-refractivity contribution >= 4 is 29.3 Å². The topological polar surface area (TPSA) is 12.0 Å². The lowest BCUT2D eigenvalue weighted by molar-refractivity contribution is 0.612. The normalized spacial score (nSPS) is 12.7. The first kappa shape index (κ1) is 18.3. The summed E-state index contributed by atoms with van der Waals surface area (Å²) in [5.74, 6) is 0. The Kier molecular flexibility index (Phi) is 6.60. The zero-order valence-electron chi connectivity index (χ0n) is 14.2. The van der Waals surface area contributed by atoms with Gasteiger partial charge in [0.1, 0.15) is 0 Å². The molecule has 0 amide bonds. The smallest absolute Gasteiger partial charge is 0.0300 e. The van der Waals surface area contributed by atoms with E-state index in [1.54, 1.807) is 0 Å². The molecular formula is C22H24ClN. The van der Waals surface area contributed by atoms with Crippen molar-refractivity contribution in [1.82, 2.24) is 5.32 Å². The van der Waals surface area contributed by atoms with Crippen LogP contribution in [-0.2, 0) is 0 Å². The van der Waals surface area contributed by atoms with E-state index in [-0.39, 0.29) is 12.4 Å². The first-order valence-electron chi connectivity index (χ1n) is 8.17. The van der Waals surface area contributed by atoms with Crippen molar-refractivity contribution in [2.75, 3.05) is 6.54 Å². The molecule has 0 aliphatic heterocycles. The van der Waals surface area contributed by atoms with Gasteiger partial charge in [0, 0.05) is 12.6 Å². The van der Waals surface area contributed by atoms with Gasteiger partial charge >= 0.3 is 0 Å². The van der Waals surface area contributed by atoms with E-state index in [0.29, 0.717) is 6.04 Å². The Balaban J connectivity index is 0.00000208. The second kappa shape index (κ2) is 8.68. The van der Waals surface area contributed by atoms with Gasteiger partial charge in [0.05, 0.1) is 0 Å². The average molecular weight is 338 g/mol. The summed E-state index contributed by atoms with van der Waals surface area (Å²) in [4.78, 5) is 0. The zero-order chi connectivity index (χ0) is 16.1. The van der Waals surface area contributed by atoms with Gasteiger partial charge in [0.2, 0.25) is 0 Å². The van der Waals surface area contributed by atoms with E-state index in [4.69, 9.17) is 0 Å². The van der Waals surface area contributed by atoms with Crippen LogP contribution in [0.2, 0.25) is 0 Å². The fourth-order valence-electron chi connectivity index (χ4n) is 2.94. The molecule has 3 aromatic rings. The van der Waals surface area contributed by atoms with E-state index < -0.39 is 0 Å². The Labute approximate surface area is 150 Å². The Morgan fingerprint density at radius 2 is 1.58 bits per heavy atom. The molecule has 0 saturated heterocycles. The van der Waals surface area contributed by atoms with Crippen LogP contribution in [0.3, 0.4) is 0 Å². The van der Waals surface area contributed by atoms with E-state index in [1.807, 2.05) is 6.07 Å². The minimum atomic E-state index is 0. The van der Waals surface area contributed by atoms with Gasteiger partial charge in [-0.3, -0.25) is 0 Å². The number of rotatable bonds is 5. The number of fused-ring (bicyclic) bond motifs is 1. The van der Waals surface area contributed by atoms with Crippen LogP contribution in [-0.4, -0.2) is 6.54 Å². The van der Waals surface area contributed by atoms with Crippen molar-refractivity contribution in [3.05, 3.63) is 89.5 Å². The highest BCUT2D eigenvalue weighted by Crippen LogP contribution is 2.24. The Bertz CT molecular complexity index is 803. The van der Waals surface area contributed by atoms with E-state index in [0.717, 1.165) is 6.54 Å². The molecule has 124 valence electrons. The minimum absolute atomic E-state index is 0. The number of benzene rings is 3. The summed E-state index contributed by atoms with van der Waals surface area (Å²) >= 11 is 0. The number of halogens is 1. The van der Waals surface area contributed by atoms with Crippen molar-refractivity contribution in [3.8, 4) is 0 Å². The number of hydrogen-bond acceptors (Lipinski definition) is 1. The minimum Gasteiger partial charge on any atom is -0.306 e. The summed E-state index contributed by atoms with van der Waals surface area (Å²) in [6.45, 7) is 5.30. The van der Waals surface area contributed by atoms with Crippen LogP contribution in [0.1, 0.15) is 31.0 Å². The lowest BCUT2D eigenvalue weighted by Gasteiger charge is -2.17. The molecule has 0 bridgehead atoms. The van der Waals surface area contributed by atoms with Gasteiger partial charge < -0.3 is 5.32 Å². The van der Waals surface area contributed by atoms with Gasteiger partial charge in [-0.05, 0) is 35.7 Å². The Hall–Kier alpha value is -2.09. The SMILES string of the molecule is C/C(=C\c1ccccc1)CN[C@H](C)c1cccc2ccccc12.Cl. The molecule has 1 nitrogen and oxygen atoms in total.